The van der Waals surface area contributed by atoms with Gasteiger partial charge in [0.05, 0.1) is 20.3 Å². The van der Waals surface area contributed by atoms with Crippen LogP contribution in [-0.2, 0) is 17.8 Å². The van der Waals surface area contributed by atoms with E-state index in [-0.39, 0.29) is 30.9 Å². The molecule has 0 spiro atoms. The van der Waals surface area contributed by atoms with Gasteiger partial charge in [-0.05, 0) is 40.8 Å². The van der Waals surface area contributed by atoms with E-state index in [0.29, 0.717) is 24.6 Å². The molecule has 0 bridgehead atoms. The van der Waals surface area contributed by atoms with E-state index < -0.39 is 0 Å². The van der Waals surface area contributed by atoms with Crippen LogP contribution < -0.4 is 20.1 Å². The third-order valence-electron chi connectivity index (χ3n) is 6.23. The maximum Gasteiger partial charge on any atom is 0.315 e. The first-order chi connectivity index (χ1) is 17.1. The number of fused-ring (bicyclic) bond motifs is 1. The second-order valence-electron chi connectivity index (χ2n) is 8.40. The summed E-state index contributed by atoms with van der Waals surface area (Å²) in [5, 5.41) is 5.62. The third-order valence-corrected chi connectivity index (χ3v) is 6.23. The molecule has 3 aromatic carbocycles. The lowest BCUT2D eigenvalue weighted by atomic mass is 9.87. The number of hydrogen-bond acceptors (Lipinski definition) is 4. The predicted molar refractivity (Wildman–Crippen MR) is 135 cm³/mol. The summed E-state index contributed by atoms with van der Waals surface area (Å²) >= 11 is 0. The molecule has 0 radical (unpaired) electrons. The molecule has 1 heterocycles. The highest BCUT2D eigenvalue weighted by atomic mass is 16.5. The van der Waals surface area contributed by atoms with Crippen LogP contribution in [0.25, 0.3) is 0 Å². The minimum Gasteiger partial charge on any atom is -0.493 e. The molecule has 3 amide bonds. The minimum atomic E-state index is -0.290. The van der Waals surface area contributed by atoms with Gasteiger partial charge < -0.3 is 25.0 Å². The van der Waals surface area contributed by atoms with E-state index in [9.17, 15) is 9.59 Å². The Balaban J connectivity index is 1.45. The van der Waals surface area contributed by atoms with Crippen molar-refractivity contribution in [3.05, 3.63) is 95.1 Å². The van der Waals surface area contributed by atoms with Crippen molar-refractivity contribution in [1.29, 1.82) is 0 Å². The molecule has 0 fully saturated rings. The molecule has 2 N–H and O–H groups in total. The van der Waals surface area contributed by atoms with Crippen LogP contribution in [0, 0.1) is 0 Å². The van der Waals surface area contributed by atoms with Crippen LogP contribution in [0.1, 0.15) is 34.7 Å². The predicted octanol–water partition coefficient (Wildman–Crippen LogP) is 4.07. The molecule has 1 aliphatic rings. The Labute approximate surface area is 206 Å². The van der Waals surface area contributed by atoms with Crippen molar-refractivity contribution in [3.63, 3.8) is 0 Å². The molecule has 1 atom stereocenters. The molecule has 182 valence electrons. The Bertz CT molecular complexity index is 1150. The summed E-state index contributed by atoms with van der Waals surface area (Å²) in [5.41, 5.74) is 4.21. The Hall–Kier alpha value is -4.00. The SMILES string of the molecule is COc1cc2c(cc1OC)C(c1ccccc1)N(C(=O)CCNC(=O)NCc1ccccc1)CC2. The lowest BCUT2D eigenvalue weighted by Crippen LogP contribution is -2.43. The molecule has 7 nitrogen and oxygen atoms in total. The van der Waals surface area contributed by atoms with Crippen molar-refractivity contribution >= 4 is 11.9 Å². The molecule has 0 aliphatic carbocycles. The molecule has 4 rings (SSSR count). The van der Waals surface area contributed by atoms with Gasteiger partial charge >= 0.3 is 6.03 Å². The summed E-state index contributed by atoms with van der Waals surface area (Å²) in [5.74, 6) is 1.31. The van der Waals surface area contributed by atoms with Crippen LogP contribution in [0.3, 0.4) is 0 Å². The summed E-state index contributed by atoms with van der Waals surface area (Å²) < 4.78 is 11.0. The van der Waals surface area contributed by atoms with Gasteiger partial charge in [-0.15, -0.1) is 0 Å². The molecule has 35 heavy (non-hydrogen) atoms. The topological polar surface area (TPSA) is 79.9 Å². The van der Waals surface area contributed by atoms with E-state index in [1.807, 2.05) is 77.7 Å². The standard InChI is InChI=1S/C28H31N3O4/c1-34-24-17-22-14-16-31(27(21-11-7-4-8-12-21)23(22)18-25(24)35-2)26(32)13-15-29-28(33)30-19-20-9-5-3-6-10-20/h3-12,17-18,27H,13-16,19H2,1-2H3,(H2,29,30,33). The minimum absolute atomic E-state index is 0.0114. The maximum atomic E-state index is 13.3. The van der Waals surface area contributed by atoms with E-state index >= 15 is 0 Å². The van der Waals surface area contributed by atoms with E-state index in [4.69, 9.17) is 9.47 Å². The van der Waals surface area contributed by atoms with Crippen molar-refractivity contribution in [1.82, 2.24) is 15.5 Å². The number of rotatable bonds is 8. The number of carbonyl (C=O) groups excluding carboxylic acids is 2. The average Bonchev–Trinajstić information content (AvgIpc) is 2.91. The van der Waals surface area contributed by atoms with Crippen LogP contribution >= 0.6 is 0 Å². The van der Waals surface area contributed by atoms with Crippen LogP contribution in [0.15, 0.2) is 72.8 Å². The number of hydrogen-bond donors (Lipinski definition) is 2. The monoisotopic (exact) mass is 473 g/mol. The fourth-order valence-corrected chi connectivity index (χ4v) is 4.48. The fraction of sp³-hybridized carbons (Fsp3) is 0.286. The molecular formula is C28H31N3O4. The van der Waals surface area contributed by atoms with Crippen LogP contribution in [0.5, 0.6) is 11.5 Å². The highest BCUT2D eigenvalue weighted by molar-refractivity contribution is 5.79. The van der Waals surface area contributed by atoms with Crippen molar-refractivity contribution in [2.45, 2.75) is 25.4 Å². The van der Waals surface area contributed by atoms with Gasteiger partial charge in [0.2, 0.25) is 5.91 Å². The largest absolute Gasteiger partial charge is 0.493 e. The number of nitrogens with zero attached hydrogens (tertiary/aromatic N) is 1. The quantitative estimate of drug-likeness (QED) is 0.517. The van der Waals surface area contributed by atoms with Gasteiger partial charge in [0.15, 0.2) is 11.5 Å². The zero-order valence-electron chi connectivity index (χ0n) is 20.1. The summed E-state index contributed by atoms with van der Waals surface area (Å²) in [4.78, 5) is 27.4. The Morgan fingerprint density at radius 3 is 2.26 bits per heavy atom. The van der Waals surface area contributed by atoms with Crippen LogP contribution in [0.4, 0.5) is 4.79 Å². The summed E-state index contributed by atoms with van der Waals surface area (Å²) in [6.07, 6.45) is 0.931. The second-order valence-corrected chi connectivity index (χ2v) is 8.40. The number of urea groups is 1. The Morgan fingerprint density at radius 1 is 0.914 bits per heavy atom. The van der Waals surface area contributed by atoms with Gasteiger partial charge in [0, 0.05) is 26.1 Å². The molecule has 0 saturated heterocycles. The van der Waals surface area contributed by atoms with Crippen molar-refractivity contribution in [2.24, 2.45) is 0 Å². The first-order valence-electron chi connectivity index (χ1n) is 11.8. The lowest BCUT2D eigenvalue weighted by molar-refractivity contribution is -0.133. The van der Waals surface area contributed by atoms with E-state index in [1.165, 1.54) is 0 Å². The highest BCUT2D eigenvalue weighted by Crippen LogP contribution is 2.41. The van der Waals surface area contributed by atoms with E-state index in [1.54, 1.807) is 14.2 Å². The zero-order chi connectivity index (χ0) is 24.6. The first-order valence-corrected chi connectivity index (χ1v) is 11.8. The fourth-order valence-electron chi connectivity index (χ4n) is 4.48. The Kier molecular flexibility index (Phi) is 7.88. The average molecular weight is 474 g/mol. The smallest absolute Gasteiger partial charge is 0.315 e. The highest BCUT2D eigenvalue weighted by Gasteiger charge is 2.33. The number of methoxy groups -OCH3 is 2. The van der Waals surface area contributed by atoms with Gasteiger partial charge in [0.1, 0.15) is 0 Å². The van der Waals surface area contributed by atoms with Gasteiger partial charge in [-0.1, -0.05) is 60.7 Å². The van der Waals surface area contributed by atoms with Crippen molar-refractivity contribution in [3.8, 4) is 11.5 Å². The van der Waals surface area contributed by atoms with Crippen LogP contribution in [-0.4, -0.2) is 44.1 Å². The van der Waals surface area contributed by atoms with Crippen LogP contribution in [0.2, 0.25) is 0 Å². The van der Waals surface area contributed by atoms with E-state index in [0.717, 1.165) is 28.7 Å². The molecule has 3 aromatic rings. The zero-order valence-corrected chi connectivity index (χ0v) is 20.1. The second kappa shape index (κ2) is 11.4. The lowest BCUT2D eigenvalue weighted by Gasteiger charge is -2.38. The van der Waals surface area contributed by atoms with Crippen molar-refractivity contribution < 1.29 is 19.1 Å². The van der Waals surface area contributed by atoms with Crippen molar-refractivity contribution in [2.75, 3.05) is 27.3 Å². The maximum absolute atomic E-state index is 13.3. The molecule has 7 heteroatoms. The summed E-state index contributed by atoms with van der Waals surface area (Å²) in [7, 11) is 3.24. The van der Waals surface area contributed by atoms with Gasteiger partial charge in [-0.3, -0.25) is 4.79 Å². The normalized spacial score (nSPS) is 14.6. The van der Waals surface area contributed by atoms with Gasteiger partial charge in [-0.2, -0.15) is 0 Å². The molecular weight excluding hydrogens is 442 g/mol. The molecule has 0 saturated carbocycles. The number of benzene rings is 3. The van der Waals surface area contributed by atoms with Gasteiger partial charge in [0.25, 0.3) is 0 Å². The molecule has 0 aromatic heterocycles. The number of amides is 3. The van der Waals surface area contributed by atoms with E-state index in [2.05, 4.69) is 10.6 Å². The Morgan fingerprint density at radius 2 is 1.57 bits per heavy atom. The first kappa shape index (κ1) is 24.1. The third kappa shape index (κ3) is 5.74. The number of carbonyl (C=O) groups is 2. The molecule has 1 aliphatic heterocycles. The summed E-state index contributed by atoms with van der Waals surface area (Å²) in [6.45, 7) is 1.28. The van der Waals surface area contributed by atoms with Gasteiger partial charge in [-0.25, -0.2) is 4.79 Å². The number of nitrogens with one attached hydrogen (secondary N) is 2. The number of ether oxygens (including phenoxy) is 2. The summed E-state index contributed by atoms with van der Waals surface area (Å²) in [6, 6.07) is 23.1. The molecule has 1 unspecified atom stereocenters.